The monoisotopic (exact) mass is 294 g/mol. The van der Waals surface area contributed by atoms with Crippen LogP contribution in [0, 0.1) is 0 Å². The van der Waals surface area contributed by atoms with Crippen molar-refractivity contribution >= 4 is 9.84 Å². The van der Waals surface area contributed by atoms with Crippen molar-refractivity contribution in [2.24, 2.45) is 0 Å². The van der Waals surface area contributed by atoms with Crippen LogP contribution < -0.4 is 0 Å². The normalized spacial score (nSPS) is 11.7. The number of rotatable bonds is 7. The Morgan fingerprint density at radius 2 is 1.90 bits per heavy atom. The van der Waals surface area contributed by atoms with Gasteiger partial charge in [-0.25, -0.2) is 13.1 Å². The fraction of sp³-hybridized carbons (Fsp3) is 0.462. The molecule has 1 aromatic carbocycles. The third-order valence-electron chi connectivity index (χ3n) is 2.99. The molecule has 2 aromatic rings. The van der Waals surface area contributed by atoms with Crippen molar-refractivity contribution < 1.29 is 8.42 Å². The van der Waals surface area contributed by atoms with Gasteiger partial charge in [0, 0.05) is 12.7 Å². The molecule has 108 valence electrons. The van der Waals surface area contributed by atoms with Gasteiger partial charge in [-0.3, -0.25) is 0 Å². The zero-order valence-electron chi connectivity index (χ0n) is 11.4. The number of nitrogens with zero attached hydrogens (tertiary/aromatic N) is 4. The molecule has 0 N–H and O–H groups in total. The van der Waals surface area contributed by atoms with E-state index in [0.717, 1.165) is 25.1 Å². The maximum Gasteiger partial charge on any atom is 0.151 e. The highest BCUT2D eigenvalue weighted by molar-refractivity contribution is 7.90. The first-order chi connectivity index (χ1) is 9.54. The summed E-state index contributed by atoms with van der Waals surface area (Å²) in [6, 6.07) is 10.2. The van der Waals surface area contributed by atoms with Crippen molar-refractivity contribution in [2.75, 3.05) is 12.0 Å². The molecule has 0 fully saturated rings. The molecule has 2 rings (SSSR count). The van der Waals surface area contributed by atoms with Crippen LogP contribution in [0.2, 0.25) is 0 Å². The first-order valence-electron chi connectivity index (χ1n) is 6.51. The highest BCUT2D eigenvalue weighted by Crippen LogP contribution is 2.06. The Kier molecular flexibility index (Phi) is 4.84. The number of sulfone groups is 1. The Morgan fingerprint density at radius 3 is 2.60 bits per heavy atom. The molecule has 1 aromatic heterocycles. The van der Waals surface area contributed by atoms with Gasteiger partial charge in [0.1, 0.15) is 9.84 Å². The van der Waals surface area contributed by atoms with Gasteiger partial charge in [0.25, 0.3) is 0 Å². The van der Waals surface area contributed by atoms with Gasteiger partial charge < -0.3 is 0 Å². The summed E-state index contributed by atoms with van der Waals surface area (Å²) in [6.45, 7) is 0.312. The zero-order chi connectivity index (χ0) is 14.4. The minimum absolute atomic E-state index is 0.0593. The SMILES string of the molecule is CS(=O)(=O)CCn1nnnc1CCCc1ccccc1. The van der Waals surface area contributed by atoms with E-state index < -0.39 is 9.84 Å². The predicted octanol–water partition coefficient (Wildman–Crippen LogP) is 0.893. The Bertz CT molecular complexity index is 637. The van der Waals surface area contributed by atoms with E-state index in [9.17, 15) is 8.42 Å². The number of benzene rings is 1. The number of aromatic nitrogens is 4. The fourth-order valence-electron chi connectivity index (χ4n) is 1.92. The van der Waals surface area contributed by atoms with Gasteiger partial charge in [-0.2, -0.15) is 0 Å². The van der Waals surface area contributed by atoms with Gasteiger partial charge in [0.15, 0.2) is 5.82 Å². The molecule has 1 heterocycles. The van der Waals surface area contributed by atoms with Crippen molar-refractivity contribution in [3.05, 3.63) is 41.7 Å². The summed E-state index contributed by atoms with van der Waals surface area (Å²) >= 11 is 0. The van der Waals surface area contributed by atoms with E-state index in [1.54, 1.807) is 4.68 Å². The van der Waals surface area contributed by atoms with E-state index in [1.165, 1.54) is 11.8 Å². The maximum absolute atomic E-state index is 11.2. The molecule has 0 aliphatic rings. The van der Waals surface area contributed by atoms with E-state index in [2.05, 4.69) is 27.7 Å². The second-order valence-corrected chi connectivity index (χ2v) is 7.05. The molecular weight excluding hydrogens is 276 g/mol. The molecule has 7 heteroatoms. The van der Waals surface area contributed by atoms with Crippen LogP contribution in [0.1, 0.15) is 17.8 Å². The first kappa shape index (κ1) is 14.6. The molecular formula is C13H18N4O2S. The first-order valence-corrected chi connectivity index (χ1v) is 8.57. The number of aryl methyl sites for hydroxylation is 3. The largest absolute Gasteiger partial charge is 0.229 e. The molecule has 0 bridgehead atoms. The summed E-state index contributed by atoms with van der Waals surface area (Å²) in [4.78, 5) is 0. The topological polar surface area (TPSA) is 77.7 Å². The van der Waals surface area contributed by atoms with Crippen LogP contribution in [0.3, 0.4) is 0 Å². The van der Waals surface area contributed by atoms with Gasteiger partial charge in [0.05, 0.1) is 12.3 Å². The lowest BCUT2D eigenvalue weighted by atomic mass is 10.1. The molecule has 20 heavy (non-hydrogen) atoms. The number of hydrogen-bond donors (Lipinski definition) is 0. The lowest BCUT2D eigenvalue weighted by Crippen LogP contribution is -2.14. The van der Waals surface area contributed by atoms with Crippen LogP contribution in [0.5, 0.6) is 0 Å². The zero-order valence-corrected chi connectivity index (χ0v) is 12.3. The maximum atomic E-state index is 11.2. The Hall–Kier alpha value is -1.76. The lowest BCUT2D eigenvalue weighted by molar-refractivity contribution is 0.565. The second kappa shape index (κ2) is 6.60. The Labute approximate surface area is 118 Å². The van der Waals surface area contributed by atoms with E-state index >= 15 is 0 Å². The van der Waals surface area contributed by atoms with Crippen LogP contribution in [-0.4, -0.2) is 40.6 Å². The molecule has 0 unspecified atom stereocenters. The van der Waals surface area contributed by atoms with Crippen molar-refractivity contribution in [1.82, 2.24) is 20.2 Å². The number of hydrogen-bond acceptors (Lipinski definition) is 5. The van der Waals surface area contributed by atoms with E-state index in [4.69, 9.17) is 0 Å². The van der Waals surface area contributed by atoms with Crippen LogP contribution in [-0.2, 0) is 29.2 Å². The minimum atomic E-state index is -3.00. The molecule has 0 spiro atoms. The van der Waals surface area contributed by atoms with Crippen molar-refractivity contribution in [3.8, 4) is 0 Å². The van der Waals surface area contributed by atoms with Crippen LogP contribution in [0.4, 0.5) is 0 Å². The van der Waals surface area contributed by atoms with Gasteiger partial charge in [-0.15, -0.1) is 5.10 Å². The third-order valence-corrected chi connectivity index (χ3v) is 3.91. The molecule has 0 aliphatic heterocycles. The molecule has 0 radical (unpaired) electrons. The Balaban J connectivity index is 1.86. The summed E-state index contributed by atoms with van der Waals surface area (Å²) in [7, 11) is -3.00. The molecule has 0 aliphatic carbocycles. The smallest absolute Gasteiger partial charge is 0.151 e. The van der Waals surface area contributed by atoms with Crippen LogP contribution >= 0.6 is 0 Å². The highest BCUT2D eigenvalue weighted by atomic mass is 32.2. The molecule has 6 nitrogen and oxygen atoms in total. The number of tetrazole rings is 1. The molecule has 0 saturated carbocycles. The van der Waals surface area contributed by atoms with Crippen LogP contribution in [0.15, 0.2) is 30.3 Å². The van der Waals surface area contributed by atoms with E-state index in [0.29, 0.717) is 6.54 Å². The van der Waals surface area contributed by atoms with Crippen molar-refractivity contribution in [2.45, 2.75) is 25.8 Å². The summed E-state index contributed by atoms with van der Waals surface area (Å²) < 4.78 is 23.9. The van der Waals surface area contributed by atoms with Crippen molar-refractivity contribution in [3.63, 3.8) is 0 Å². The van der Waals surface area contributed by atoms with Crippen LogP contribution in [0.25, 0.3) is 0 Å². The quantitative estimate of drug-likeness (QED) is 0.758. The fourth-order valence-corrected chi connectivity index (χ4v) is 2.43. The average molecular weight is 294 g/mol. The second-order valence-electron chi connectivity index (χ2n) is 4.79. The van der Waals surface area contributed by atoms with Gasteiger partial charge in [-0.1, -0.05) is 30.3 Å². The summed E-state index contributed by atoms with van der Waals surface area (Å²) in [5.41, 5.74) is 1.28. The third kappa shape index (κ3) is 4.73. The summed E-state index contributed by atoms with van der Waals surface area (Å²) in [5, 5.41) is 11.4. The lowest BCUT2D eigenvalue weighted by Gasteiger charge is -2.04. The van der Waals surface area contributed by atoms with Gasteiger partial charge in [-0.05, 0) is 28.8 Å². The van der Waals surface area contributed by atoms with Gasteiger partial charge >= 0.3 is 0 Å². The van der Waals surface area contributed by atoms with Gasteiger partial charge in [0.2, 0.25) is 0 Å². The molecule has 0 saturated heterocycles. The minimum Gasteiger partial charge on any atom is -0.229 e. The average Bonchev–Trinajstić information content (AvgIpc) is 2.84. The molecule has 0 atom stereocenters. The molecule has 0 amide bonds. The van der Waals surface area contributed by atoms with E-state index in [1.807, 2.05) is 18.2 Å². The highest BCUT2D eigenvalue weighted by Gasteiger charge is 2.09. The standard InChI is InChI=1S/C13H18N4O2S/c1-20(18,19)11-10-17-13(14-15-16-17)9-5-8-12-6-3-2-4-7-12/h2-4,6-7H,5,8-11H2,1H3. The van der Waals surface area contributed by atoms with Crippen molar-refractivity contribution in [1.29, 1.82) is 0 Å². The Morgan fingerprint density at radius 1 is 1.15 bits per heavy atom. The summed E-state index contributed by atoms with van der Waals surface area (Å²) in [5.74, 6) is 0.800. The van der Waals surface area contributed by atoms with E-state index in [-0.39, 0.29) is 5.75 Å². The predicted molar refractivity (Wildman–Crippen MR) is 76.0 cm³/mol. The summed E-state index contributed by atoms with van der Waals surface area (Å²) in [6.07, 6.45) is 3.85.